The summed E-state index contributed by atoms with van der Waals surface area (Å²) in [6.45, 7) is 3.58. The van der Waals surface area contributed by atoms with Crippen LogP contribution in [0, 0.1) is 11.3 Å². The number of benzene rings is 2. The van der Waals surface area contributed by atoms with E-state index in [2.05, 4.69) is 66.5 Å². The zero-order valence-corrected chi connectivity index (χ0v) is 16.6. The Morgan fingerprint density at radius 2 is 1.69 bits per heavy atom. The molecule has 0 heterocycles. The van der Waals surface area contributed by atoms with Crippen LogP contribution in [0.25, 0.3) is 0 Å². The van der Waals surface area contributed by atoms with Crippen LogP contribution in [-0.4, -0.2) is 23.9 Å². The van der Waals surface area contributed by atoms with Gasteiger partial charge in [-0.05, 0) is 56.0 Å². The van der Waals surface area contributed by atoms with Crippen molar-refractivity contribution in [2.45, 2.75) is 50.4 Å². The molecular formula is C23H29ClN2. The molecule has 0 amide bonds. The Labute approximate surface area is 163 Å². The third-order valence-corrected chi connectivity index (χ3v) is 5.42. The van der Waals surface area contributed by atoms with Gasteiger partial charge >= 0.3 is 0 Å². The maximum absolute atomic E-state index is 7.32. The molecule has 2 unspecified atom stereocenters. The van der Waals surface area contributed by atoms with Crippen LogP contribution in [0.4, 0.5) is 0 Å². The first-order valence-corrected chi connectivity index (χ1v) is 9.84. The molecule has 3 rings (SSSR count). The van der Waals surface area contributed by atoms with Gasteiger partial charge in [0.1, 0.15) is 0 Å². The van der Waals surface area contributed by atoms with Gasteiger partial charge in [0.15, 0.2) is 0 Å². The minimum Gasteiger partial charge on any atom is -0.302 e. The third-order valence-electron chi connectivity index (χ3n) is 4.90. The summed E-state index contributed by atoms with van der Waals surface area (Å²) in [6.07, 6.45) is 4.76. The number of halogens is 1. The van der Waals surface area contributed by atoms with Gasteiger partial charge in [-0.2, -0.15) is 5.26 Å². The van der Waals surface area contributed by atoms with Crippen LogP contribution >= 0.6 is 11.6 Å². The average molecular weight is 369 g/mol. The molecule has 1 aliphatic carbocycles. The molecule has 2 atom stereocenters. The number of alkyl halides is 1. The van der Waals surface area contributed by atoms with Crippen LogP contribution in [0.2, 0.25) is 0 Å². The fraction of sp³-hybridized carbons (Fsp3) is 0.435. The van der Waals surface area contributed by atoms with Crippen LogP contribution in [0.3, 0.4) is 0 Å². The highest BCUT2D eigenvalue weighted by Crippen LogP contribution is 2.40. The Balaban J connectivity index is 0.000000758. The summed E-state index contributed by atoms with van der Waals surface area (Å²) >= 11 is 6.27. The summed E-state index contributed by atoms with van der Waals surface area (Å²) in [6, 6.07) is 21.6. The minimum absolute atomic E-state index is 0.354. The zero-order valence-electron chi connectivity index (χ0n) is 15.9. The number of rotatable bonds is 7. The van der Waals surface area contributed by atoms with E-state index in [9.17, 15) is 0 Å². The Kier molecular flexibility index (Phi) is 8.68. The van der Waals surface area contributed by atoms with Crippen molar-refractivity contribution in [1.29, 1.82) is 5.26 Å². The van der Waals surface area contributed by atoms with Crippen molar-refractivity contribution in [3.05, 3.63) is 71.3 Å². The lowest BCUT2D eigenvalue weighted by molar-refractivity contribution is 0.322. The molecule has 1 saturated carbocycles. The van der Waals surface area contributed by atoms with Gasteiger partial charge in [0.25, 0.3) is 0 Å². The molecule has 1 fully saturated rings. The number of hydrogen-bond donors (Lipinski definition) is 0. The summed E-state index contributed by atoms with van der Waals surface area (Å²) in [5, 5.41) is 7.67. The fourth-order valence-corrected chi connectivity index (χ4v) is 3.69. The van der Waals surface area contributed by atoms with Crippen LogP contribution in [0.15, 0.2) is 54.6 Å². The second kappa shape index (κ2) is 11.0. The molecule has 0 radical (unpaired) electrons. The van der Waals surface area contributed by atoms with Gasteiger partial charge in [0.05, 0.1) is 6.07 Å². The highest BCUT2D eigenvalue weighted by molar-refractivity contribution is 6.21. The smallest absolute Gasteiger partial charge is 0.0587 e. The lowest BCUT2D eigenvalue weighted by atomic mass is 9.79. The van der Waals surface area contributed by atoms with E-state index >= 15 is 0 Å². The van der Waals surface area contributed by atoms with Gasteiger partial charge in [0, 0.05) is 24.8 Å². The quantitative estimate of drug-likeness (QED) is 0.580. The number of nitriles is 1. The normalized spacial score (nSPS) is 18.4. The van der Waals surface area contributed by atoms with Gasteiger partial charge < -0.3 is 4.90 Å². The zero-order chi connectivity index (χ0) is 18.8. The Hall–Kier alpha value is -1.82. The minimum atomic E-state index is 0.354. The first kappa shape index (κ1) is 20.5. The van der Waals surface area contributed by atoms with Crippen LogP contribution in [-0.2, 0) is 13.0 Å². The molecule has 0 saturated heterocycles. The van der Waals surface area contributed by atoms with E-state index in [0.717, 1.165) is 19.5 Å². The second-order valence-electron chi connectivity index (χ2n) is 6.99. The van der Waals surface area contributed by atoms with E-state index in [1.54, 1.807) is 6.07 Å². The van der Waals surface area contributed by atoms with Gasteiger partial charge in [-0.3, -0.25) is 0 Å². The van der Waals surface area contributed by atoms with Gasteiger partial charge in [-0.1, -0.05) is 54.6 Å². The van der Waals surface area contributed by atoms with Crippen LogP contribution in [0.1, 0.15) is 48.8 Å². The largest absolute Gasteiger partial charge is 0.302 e. The monoisotopic (exact) mass is 368 g/mol. The first-order chi connectivity index (χ1) is 12.6. The topological polar surface area (TPSA) is 27.0 Å². The molecular weight excluding hydrogens is 340 g/mol. The molecule has 2 nitrogen and oxygen atoms in total. The first-order valence-electron chi connectivity index (χ1n) is 9.40. The maximum Gasteiger partial charge on any atom is 0.0587 e. The summed E-state index contributed by atoms with van der Waals surface area (Å²) in [5.41, 5.74) is 4.24. The molecule has 3 heteroatoms. The predicted molar refractivity (Wildman–Crippen MR) is 110 cm³/mol. The highest BCUT2D eigenvalue weighted by Gasteiger charge is 2.29. The van der Waals surface area contributed by atoms with E-state index in [4.69, 9.17) is 16.9 Å². The van der Waals surface area contributed by atoms with Crippen LogP contribution in [0.5, 0.6) is 0 Å². The second-order valence-corrected chi connectivity index (χ2v) is 7.55. The SMILES string of the molecule is CC#N.CN(CCCc1ccc(C2CCC2Cl)cc1)Cc1ccccc1. The lowest BCUT2D eigenvalue weighted by Gasteiger charge is -2.32. The van der Waals surface area contributed by atoms with Crippen LogP contribution < -0.4 is 0 Å². The highest BCUT2D eigenvalue weighted by atomic mass is 35.5. The molecule has 1 aliphatic rings. The molecule has 0 aliphatic heterocycles. The Morgan fingerprint density at radius 3 is 2.23 bits per heavy atom. The standard InChI is InChI=1S/C21H26ClN.C2H3N/c1-23(16-18-6-3-2-4-7-18)15-5-8-17-9-11-19(12-10-17)20-13-14-21(20)22;1-2-3/h2-4,6-7,9-12,20-21H,5,8,13-16H2,1H3;1H3. The van der Waals surface area contributed by atoms with Crippen molar-refractivity contribution in [1.82, 2.24) is 4.90 Å². The van der Waals surface area contributed by atoms with Crippen molar-refractivity contribution >= 4 is 11.6 Å². The van der Waals surface area contributed by atoms with E-state index in [-0.39, 0.29) is 0 Å². The van der Waals surface area contributed by atoms with Gasteiger partial charge in [0.2, 0.25) is 0 Å². The number of hydrogen-bond acceptors (Lipinski definition) is 2. The van der Waals surface area contributed by atoms with E-state index in [0.29, 0.717) is 11.3 Å². The number of aryl methyl sites for hydroxylation is 1. The summed E-state index contributed by atoms with van der Waals surface area (Å²) in [4.78, 5) is 2.40. The molecule has 0 bridgehead atoms. The van der Waals surface area contributed by atoms with Gasteiger partial charge in [-0.25, -0.2) is 0 Å². The summed E-state index contributed by atoms with van der Waals surface area (Å²) < 4.78 is 0. The van der Waals surface area contributed by atoms with Crippen molar-refractivity contribution in [3.8, 4) is 6.07 Å². The van der Waals surface area contributed by atoms with E-state index in [1.165, 1.54) is 42.9 Å². The average Bonchev–Trinajstić information content (AvgIpc) is 2.63. The lowest BCUT2D eigenvalue weighted by Crippen LogP contribution is -2.23. The van der Waals surface area contributed by atoms with E-state index in [1.807, 2.05) is 0 Å². The van der Waals surface area contributed by atoms with Crippen molar-refractivity contribution in [3.63, 3.8) is 0 Å². The maximum atomic E-state index is 7.32. The van der Waals surface area contributed by atoms with Crippen molar-refractivity contribution in [2.75, 3.05) is 13.6 Å². The van der Waals surface area contributed by atoms with E-state index < -0.39 is 0 Å². The Morgan fingerprint density at radius 1 is 1.04 bits per heavy atom. The van der Waals surface area contributed by atoms with Gasteiger partial charge in [-0.15, -0.1) is 11.6 Å². The Bertz CT molecular complexity index is 676. The molecule has 138 valence electrons. The molecule has 0 spiro atoms. The number of nitrogens with zero attached hydrogens (tertiary/aromatic N) is 2. The molecule has 0 N–H and O–H groups in total. The summed E-state index contributed by atoms with van der Waals surface area (Å²) in [5.74, 6) is 0.586. The molecule has 26 heavy (non-hydrogen) atoms. The summed E-state index contributed by atoms with van der Waals surface area (Å²) in [7, 11) is 2.20. The third kappa shape index (κ3) is 6.48. The fourth-order valence-electron chi connectivity index (χ4n) is 3.29. The molecule has 2 aromatic rings. The predicted octanol–water partition coefficient (Wildman–Crippen LogP) is 5.77. The molecule has 0 aromatic heterocycles. The molecule has 2 aromatic carbocycles. The van der Waals surface area contributed by atoms with Crippen molar-refractivity contribution in [2.24, 2.45) is 0 Å². The van der Waals surface area contributed by atoms with Crippen molar-refractivity contribution < 1.29 is 0 Å².